The molecular weight excluding hydrogens is 204 g/mol. The summed E-state index contributed by atoms with van der Waals surface area (Å²) in [5.74, 6) is 1.64. The Hall–Kier alpha value is -1.04. The van der Waals surface area contributed by atoms with Crippen molar-refractivity contribution in [1.29, 1.82) is 0 Å². The maximum absolute atomic E-state index is 2.31. The van der Waals surface area contributed by atoms with Gasteiger partial charge in [0, 0.05) is 5.92 Å². The molecule has 0 saturated carbocycles. The van der Waals surface area contributed by atoms with Crippen molar-refractivity contribution in [3.63, 3.8) is 0 Å². The van der Waals surface area contributed by atoms with Gasteiger partial charge >= 0.3 is 0 Å². The van der Waals surface area contributed by atoms with E-state index >= 15 is 0 Å². The van der Waals surface area contributed by atoms with Crippen molar-refractivity contribution in [2.75, 3.05) is 0 Å². The van der Waals surface area contributed by atoms with Gasteiger partial charge in [0.2, 0.25) is 0 Å². The van der Waals surface area contributed by atoms with Crippen LogP contribution in [-0.4, -0.2) is 0 Å². The SMILES string of the molecule is CCCCCCC[C]1CC=Cc2ccccc21. The van der Waals surface area contributed by atoms with Crippen LogP contribution in [0.5, 0.6) is 0 Å². The molecule has 17 heavy (non-hydrogen) atoms. The fourth-order valence-electron chi connectivity index (χ4n) is 2.58. The van der Waals surface area contributed by atoms with E-state index in [-0.39, 0.29) is 0 Å². The minimum atomic E-state index is 1.16. The molecule has 1 aliphatic carbocycles. The average molecular weight is 227 g/mol. The van der Waals surface area contributed by atoms with Gasteiger partial charge in [0.05, 0.1) is 0 Å². The Morgan fingerprint density at radius 3 is 2.71 bits per heavy atom. The second-order valence-corrected chi connectivity index (χ2v) is 4.96. The highest BCUT2D eigenvalue weighted by molar-refractivity contribution is 5.61. The highest BCUT2D eigenvalue weighted by Gasteiger charge is 2.16. The summed E-state index contributed by atoms with van der Waals surface area (Å²) >= 11 is 0. The van der Waals surface area contributed by atoms with Gasteiger partial charge in [-0.25, -0.2) is 0 Å². The molecule has 0 atom stereocenters. The van der Waals surface area contributed by atoms with Crippen LogP contribution in [-0.2, 0) is 0 Å². The van der Waals surface area contributed by atoms with Gasteiger partial charge in [-0.15, -0.1) is 0 Å². The van der Waals surface area contributed by atoms with E-state index in [1.54, 1.807) is 5.92 Å². The molecule has 0 spiro atoms. The van der Waals surface area contributed by atoms with Crippen molar-refractivity contribution >= 4 is 6.08 Å². The predicted molar refractivity (Wildman–Crippen MR) is 75.8 cm³/mol. The standard InChI is InChI=1S/C17H23/c1-2-3-4-5-6-10-15-12-9-13-16-11-7-8-14-17(15)16/h7-9,11,13-14H,2-6,10,12H2,1H3. The van der Waals surface area contributed by atoms with Crippen LogP contribution in [0.15, 0.2) is 30.3 Å². The summed E-state index contributed by atoms with van der Waals surface area (Å²) in [4.78, 5) is 0. The summed E-state index contributed by atoms with van der Waals surface area (Å²) in [5, 5.41) is 0. The zero-order valence-electron chi connectivity index (χ0n) is 10.9. The van der Waals surface area contributed by atoms with E-state index in [9.17, 15) is 0 Å². The highest BCUT2D eigenvalue weighted by atomic mass is 14.2. The van der Waals surface area contributed by atoms with Gasteiger partial charge in [-0.1, -0.05) is 75.4 Å². The van der Waals surface area contributed by atoms with Gasteiger partial charge < -0.3 is 0 Å². The molecule has 0 amide bonds. The van der Waals surface area contributed by atoms with Crippen molar-refractivity contribution in [3.8, 4) is 0 Å². The van der Waals surface area contributed by atoms with Crippen molar-refractivity contribution in [2.24, 2.45) is 0 Å². The Bertz CT molecular complexity index is 362. The maximum atomic E-state index is 2.31. The predicted octanol–water partition coefficient (Wildman–Crippen LogP) is 5.39. The second-order valence-electron chi connectivity index (χ2n) is 4.96. The Labute approximate surface area is 106 Å². The first-order valence-corrected chi connectivity index (χ1v) is 7.02. The molecule has 91 valence electrons. The Balaban J connectivity index is 1.84. The summed E-state index contributed by atoms with van der Waals surface area (Å²) < 4.78 is 0. The Morgan fingerprint density at radius 2 is 1.82 bits per heavy atom. The number of rotatable bonds is 6. The van der Waals surface area contributed by atoms with E-state index in [2.05, 4.69) is 43.3 Å². The molecule has 1 aliphatic rings. The van der Waals surface area contributed by atoms with E-state index in [1.165, 1.54) is 49.7 Å². The molecule has 0 aromatic heterocycles. The summed E-state index contributed by atoms with van der Waals surface area (Å²) in [6.45, 7) is 2.27. The lowest BCUT2D eigenvalue weighted by atomic mass is 9.84. The molecule has 0 unspecified atom stereocenters. The molecule has 0 heterocycles. The Kier molecular flexibility index (Phi) is 4.85. The molecule has 0 heteroatoms. The number of benzene rings is 1. The fraction of sp³-hybridized carbons (Fsp3) is 0.471. The average Bonchev–Trinajstić information content (AvgIpc) is 2.39. The van der Waals surface area contributed by atoms with Gasteiger partial charge in [0.1, 0.15) is 0 Å². The van der Waals surface area contributed by atoms with E-state index < -0.39 is 0 Å². The number of fused-ring (bicyclic) bond motifs is 1. The fourth-order valence-corrected chi connectivity index (χ4v) is 2.58. The first kappa shape index (κ1) is 12.4. The third kappa shape index (κ3) is 3.46. The zero-order chi connectivity index (χ0) is 11.9. The minimum absolute atomic E-state index is 1.16. The first-order valence-electron chi connectivity index (χ1n) is 7.02. The van der Waals surface area contributed by atoms with Gasteiger partial charge in [-0.3, -0.25) is 0 Å². The van der Waals surface area contributed by atoms with Crippen LogP contribution in [0.3, 0.4) is 0 Å². The largest absolute Gasteiger partial charge is 0.0830 e. The second kappa shape index (κ2) is 6.64. The van der Waals surface area contributed by atoms with Crippen LogP contribution in [0, 0.1) is 5.92 Å². The summed E-state index contributed by atoms with van der Waals surface area (Å²) in [6.07, 6.45) is 13.9. The van der Waals surface area contributed by atoms with Crippen LogP contribution in [0.1, 0.15) is 63.0 Å². The lowest BCUT2D eigenvalue weighted by Crippen LogP contribution is -2.04. The quantitative estimate of drug-likeness (QED) is 0.572. The van der Waals surface area contributed by atoms with E-state index in [0.29, 0.717) is 0 Å². The minimum Gasteiger partial charge on any atom is -0.0830 e. The maximum Gasteiger partial charge on any atom is 0.00934 e. The molecule has 1 aromatic rings. The Morgan fingerprint density at radius 1 is 1.00 bits per heavy atom. The first-order chi connectivity index (χ1) is 8.42. The van der Waals surface area contributed by atoms with Crippen LogP contribution in [0.4, 0.5) is 0 Å². The van der Waals surface area contributed by atoms with Crippen molar-refractivity contribution in [1.82, 2.24) is 0 Å². The van der Waals surface area contributed by atoms with Crippen molar-refractivity contribution in [3.05, 3.63) is 47.4 Å². The third-order valence-electron chi connectivity index (χ3n) is 3.59. The molecular formula is C17H23. The lowest BCUT2D eigenvalue weighted by Gasteiger charge is -2.20. The zero-order valence-corrected chi connectivity index (χ0v) is 10.9. The van der Waals surface area contributed by atoms with Crippen molar-refractivity contribution < 1.29 is 0 Å². The summed E-state index contributed by atoms with van der Waals surface area (Å²) in [5.41, 5.74) is 2.90. The van der Waals surface area contributed by atoms with Gasteiger partial charge in [0.15, 0.2) is 0 Å². The molecule has 1 radical (unpaired) electrons. The molecule has 0 aliphatic heterocycles. The summed E-state index contributed by atoms with van der Waals surface area (Å²) in [7, 11) is 0. The number of unbranched alkanes of at least 4 members (excludes halogenated alkanes) is 4. The molecule has 0 fully saturated rings. The van der Waals surface area contributed by atoms with Crippen LogP contribution in [0.25, 0.3) is 6.08 Å². The monoisotopic (exact) mass is 227 g/mol. The molecule has 2 rings (SSSR count). The molecule has 0 N–H and O–H groups in total. The van der Waals surface area contributed by atoms with Gasteiger partial charge in [-0.05, 0) is 24.0 Å². The van der Waals surface area contributed by atoms with Crippen LogP contribution in [0.2, 0.25) is 0 Å². The lowest BCUT2D eigenvalue weighted by molar-refractivity contribution is 0.612. The number of hydrogen-bond donors (Lipinski definition) is 0. The van der Waals surface area contributed by atoms with E-state index in [0.717, 1.165) is 6.42 Å². The van der Waals surface area contributed by atoms with Crippen LogP contribution < -0.4 is 0 Å². The normalized spacial score (nSPS) is 14.9. The summed E-state index contributed by atoms with van der Waals surface area (Å²) in [6, 6.07) is 8.80. The van der Waals surface area contributed by atoms with Gasteiger partial charge in [0.25, 0.3) is 0 Å². The highest BCUT2D eigenvalue weighted by Crippen LogP contribution is 2.32. The molecule has 0 nitrogen and oxygen atoms in total. The molecule has 0 saturated heterocycles. The topological polar surface area (TPSA) is 0 Å². The number of allylic oxidation sites excluding steroid dienone is 1. The molecule has 0 bridgehead atoms. The molecule has 1 aromatic carbocycles. The third-order valence-corrected chi connectivity index (χ3v) is 3.59. The van der Waals surface area contributed by atoms with E-state index in [1.807, 2.05) is 0 Å². The van der Waals surface area contributed by atoms with Crippen LogP contribution >= 0.6 is 0 Å². The van der Waals surface area contributed by atoms with Crippen molar-refractivity contribution in [2.45, 2.75) is 51.9 Å². The number of hydrogen-bond acceptors (Lipinski definition) is 0. The van der Waals surface area contributed by atoms with E-state index in [4.69, 9.17) is 0 Å². The van der Waals surface area contributed by atoms with Gasteiger partial charge in [-0.2, -0.15) is 0 Å². The smallest absolute Gasteiger partial charge is 0.00934 e.